The van der Waals surface area contributed by atoms with Gasteiger partial charge >= 0.3 is 5.97 Å². The summed E-state index contributed by atoms with van der Waals surface area (Å²) in [7, 11) is 0. The molecule has 0 aliphatic heterocycles. The Bertz CT molecular complexity index is 835. The number of ether oxygens (including phenoxy) is 1. The summed E-state index contributed by atoms with van der Waals surface area (Å²) in [5.74, 6) is -2.81. The lowest BCUT2D eigenvalue weighted by Gasteiger charge is -2.28. The Hall–Kier alpha value is -2.94. The van der Waals surface area contributed by atoms with Gasteiger partial charge in [0, 0.05) is 0 Å². The molecule has 0 bridgehead atoms. The van der Waals surface area contributed by atoms with E-state index in [2.05, 4.69) is 5.32 Å². The molecule has 2 rings (SSSR count). The Labute approximate surface area is 181 Å². The van der Waals surface area contributed by atoms with Gasteiger partial charge in [-0.05, 0) is 17.5 Å². The highest BCUT2D eigenvalue weighted by atomic mass is 35.5. The Morgan fingerprint density at radius 1 is 1.00 bits per heavy atom. The lowest BCUT2D eigenvalue weighted by molar-refractivity contribution is -0.142. The minimum Gasteiger partial charge on any atom is -0.481 e. The van der Waals surface area contributed by atoms with Crippen LogP contribution >= 0.6 is 12.4 Å². The van der Waals surface area contributed by atoms with Gasteiger partial charge < -0.3 is 26.6 Å². The van der Waals surface area contributed by atoms with E-state index in [1.54, 1.807) is 30.3 Å². The Balaban J connectivity index is 0.00000450. The Morgan fingerprint density at radius 3 is 2.03 bits per heavy atom. The first-order valence-electron chi connectivity index (χ1n) is 9.07. The van der Waals surface area contributed by atoms with Gasteiger partial charge in [-0.3, -0.25) is 14.4 Å². The van der Waals surface area contributed by atoms with Crippen molar-refractivity contribution in [2.24, 2.45) is 11.5 Å². The van der Waals surface area contributed by atoms with E-state index in [1.165, 1.54) is 0 Å². The smallest absolute Gasteiger partial charge is 0.305 e. The van der Waals surface area contributed by atoms with Crippen LogP contribution in [0.4, 0.5) is 0 Å². The third-order valence-electron chi connectivity index (χ3n) is 4.33. The van der Waals surface area contributed by atoms with Gasteiger partial charge in [0.15, 0.2) is 0 Å². The molecule has 30 heavy (non-hydrogen) atoms. The molecule has 8 nitrogen and oxygen atoms in total. The number of halogens is 1. The molecule has 0 fully saturated rings. The summed E-state index contributed by atoms with van der Waals surface area (Å²) in [4.78, 5) is 35.8. The van der Waals surface area contributed by atoms with E-state index in [9.17, 15) is 19.5 Å². The molecule has 6 N–H and O–H groups in total. The second-order valence-electron chi connectivity index (χ2n) is 6.82. The lowest BCUT2D eigenvalue weighted by Crippen LogP contribution is -2.61. The summed E-state index contributed by atoms with van der Waals surface area (Å²) in [5.41, 5.74) is 11.4. The van der Waals surface area contributed by atoms with Gasteiger partial charge in [-0.2, -0.15) is 0 Å². The van der Waals surface area contributed by atoms with Gasteiger partial charge in [-0.15, -0.1) is 12.4 Å². The number of primary amides is 1. The highest BCUT2D eigenvalue weighted by Crippen LogP contribution is 2.16. The number of nitrogens with two attached hydrogens (primary N) is 2. The van der Waals surface area contributed by atoms with Crippen LogP contribution in [0, 0.1) is 0 Å². The summed E-state index contributed by atoms with van der Waals surface area (Å²) in [6, 6.07) is 16.9. The van der Waals surface area contributed by atoms with Gasteiger partial charge in [0.25, 0.3) is 0 Å². The first kappa shape index (κ1) is 25.1. The molecular weight excluding hydrogens is 410 g/mol. The summed E-state index contributed by atoms with van der Waals surface area (Å²) < 4.78 is 5.48. The second kappa shape index (κ2) is 11.9. The molecule has 0 spiro atoms. The maximum Gasteiger partial charge on any atom is 0.305 e. The molecule has 0 unspecified atom stereocenters. The average molecular weight is 436 g/mol. The van der Waals surface area contributed by atoms with Crippen molar-refractivity contribution in [3.05, 3.63) is 71.8 Å². The zero-order chi connectivity index (χ0) is 21.3. The molecule has 9 heteroatoms. The quantitative estimate of drug-likeness (QED) is 0.414. The minimum atomic E-state index is -1.75. The number of nitrogens with one attached hydrogen (secondary N) is 1. The molecule has 2 atom stereocenters. The molecule has 2 amide bonds. The molecule has 0 radical (unpaired) electrons. The number of carbonyl (C=O) groups is 3. The fourth-order valence-corrected chi connectivity index (χ4v) is 2.82. The SMILES string of the molecule is Cl.NC(=O)[C@H](COCc1ccccc1)NC(=O)[C@@](N)(CC(=O)O)Cc1ccccc1. The lowest BCUT2D eigenvalue weighted by atomic mass is 9.87. The molecule has 0 aliphatic carbocycles. The molecule has 0 saturated heterocycles. The topological polar surface area (TPSA) is 145 Å². The zero-order valence-corrected chi connectivity index (χ0v) is 17.1. The van der Waals surface area contributed by atoms with Crippen LogP contribution in [-0.2, 0) is 32.1 Å². The van der Waals surface area contributed by atoms with Crippen molar-refractivity contribution in [3.63, 3.8) is 0 Å². The maximum atomic E-state index is 12.8. The molecule has 2 aromatic rings. The van der Waals surface area contributed by atoms with Crippen LogP contribution in [0.3, 0.4) is 0 Å². The van der Waals surface area contributed by atoms with Crippen molar-refractivity contribution in [1.29, 1.82) is 0 Å². The zero-order valence-electron chi connectivity index (χ0n) is 16.3. The number of hydrogen-bond acceptors (Lipinski definition) is 5. The Kier molecular flexibility index (Phi) is 9.97. The predicted octanol–water partition coefficient (Wildman–Crippen LogP) is 1.01. The van der Waals surface area contributed by atoms with E-state index in [4.69, 9.17) is 16.2 Å². The van der Waals surface area contributed by atoms with Crippen LogP contribution < -0.4 is 16.8 Å². The van der Waals surface area contributed by atoms with E-state index >= 15 is 0 Å². The average Bonchev–Trinajstić information content (AvgIpc) is 2.68. The number of hydrogen-bond donors (Lipinski definition) is 4. The largest absolute Gasteiger partial charge is 0.481 e. The summed E-state index contributed by atoms with van der Waals surface area (Å²) in [5, 5.41) is 11.7. The van der Waals surface area contributed by atoms with Crippen LogP contribution in [0.1, 0.15) is 17.5 Å². The molecule has 0 heterocycles. The number of carboxylic acids is 1. The third kappa shape index (κ3) is 7.82. The highest BCUT2D eigenvalue weighted by Gasteiger charge is 2.38. The van der Waals surface area contributed by atoms with Gasteiger partial charge in [0.2, 0.25) is 11.8 Å². The van der Waals surface area contributed by atoms with Crippen LogP contribution in [0.15, 0.2) is 60.7 Å². The summed E-state index contributed by atoms with van der Waals surface area (Å²) in [6.45, 7) is 0.0673. The van der Waals surface area contributed by atoms with Crippen molar-refractivity contribution in [2.75, 3.05) is 6.61 Å². The van der Waals surface area contributed by atoms with Crippen molar-refractivity contribution >= 4 is 30.2 Å². The molecule has 0 aromatic heterocycles. The van der Waals surface area contributed by atoms with Crippen molar-refractivity contribution in [3.8, 4) is 0 Å². The summed E-state index contributed by atoms with van der Waals surface area (Å²) >= 11 is 0. The number of carboxylic acid groups (broad SMARTS) is 1. The first-order chi connectivity index (χ1) is 13.8. The van der Waals surface area contributed by atoms with E-state index in [0.717, 1.165) is 5.56 Å². The predicted molar refractivity (Wildman–Crippen MR) is 114 cm³/mol. The van der Waals surface area contributed by atoms with Crippen LogP contribution in [-0.4, -0.2) is 41.1 Å². The molecule has 0 aliphatic rings. The van der Waals surface area contributed by atoms with Crippen molar-refractivity contribution in [1.82, 2.24) is 5.32 Å². The van der Waals surface area contributed by atoms with Gasteiger partial charge in [-0.1, -0.05) is 60.7 Å². The number of amides is 2. The molecule has 162 valence electrons. The Morgan fingerprint density at radius 2 is 1.53 bits per heavy atom. The van der Waals surface area contributed by atoms with E-state index in [0.29, 0.717) is 5.56 Å². The van der Waals surface area contributed by atoms with Gasteiger partial charge in [0.1, 0.15) is 11.6 Å². The van der Waals surface area contributed by atoms with E-state index in [-0.39, 0.29) is 32.0 Å². The maximum absolute atomic E-state index is 12.8. The number of rotatable bonds is 11. The number of aliphatic carboxylic acids is 1. The van der Waals surface area contributed by atoms with Gasteiger partial charge in [-0.25, -0.2) is 0 Å². The minimum absolute atomic E-state index is 0. The van der Waals surface area contributed by atoms with Gasteiger partial charge in [0.05, 0.1) is 19.6 Å². The van der Waals surface area contributed by atoms with Crippen LogP contribution in [0.5, 0.6) is 0 Å². The monoisotopic (exact) mass is 435 g/mol. The van der Waals surface area contributed by atoms with Crippen LogP contribution in [0.25, 0.3) is 0 Å². The highest BCUT2D eigenvalue weighted by molar-refractivity contribution is 5.94. The van der Waals surface area contributed by atoms with E-state index < -0.39 is 35.8 Å². The molecular formula is C21H26ClN3O5. The van der Waals surface area contributed by atoms with Crippen molar-refractivity contribution in [2.45, 2.75) is 31.0 Å². The van der Waals surface area contributed by atoms with Crippen molar-refractivity contribution < 1.29 is 24.2 Å². The molecule has 0 saturated carbocycles. The second-order valence-corrected chi connectivity index (χ2v) is 6.82. The fourth-order valence-electron chi connectivity index (χ4n) is 2.82. The standard InChI is InChI=1S/C21H25N3O5.ClH/c22-19(27)17(14-29-13-16-9-5-2-6-10-16)24-20(28)21(23,12-18(25)26)11-15-7-3-1-4-8-15;/h1-10,17H,11-14,23H2,(H2,22,27)(H,24,28)(H,25,26);1H/t17-,21-;/m0./s1. The number of benzene rings is 2. The molecule has 2 aromatic carbocycles. The van der Waals surface area contributed by atoms with Crippen LogP contribution in [0.2, 0.25) is 0 Å². The first-order valence-corrected chi connectivity index (χ1v) is 9.07. The normalized spacial score (nSPS) is 13.4. The third-order valence-corrected chi connectivity index (χ3v) is 4.33. The van der Waals surface area contributed by atoms with E-state index in [1.807, 2.05) is 30.3 Å². The summed E-state index contributed by atoms with van der Waals surface area (Å²) in [6.07, 6.45) is -0.619. The number of carbonyl (C=O) groups excluding carboxylic acids is 2. The fraction of sp³-hybridized carbons (Fsp3) is 0.286.